The van der Waals surface area contributed by atoms with Gasteiger partial charge in [0, 0.05) is 0 Å². The second-order valence-corrected chi connectivity index (χ2v) is 7.25. The van der Waals surface area contributed by atoms with E-state index in [1.807, 2.05) is 48.5 Å². The summed E-state index contributed by atoms with van der Waals surface area (Å²) in [6.45, 7) is 3.03. The molecular weight excluding hydrogens is 388 g/mol. The largest absolute Gasteiger partial charge is 0.492 e. The van der Waals surface area contributed by atoms with Crippen LogP contribution < -0.4 is 10.2 Å². The molecular formula is C22H29BrN2O. The van der Waals surface area contributed by atoms with Gasteiger partial charge in [0.2, 0.25) is 0 Å². The Morgan fingerprint density at radius 2 is 1.69 bits per heavy atom. The summed E-state index contributed by atoms with van der Waals surface area (Å²) in [6, 6.07) is 15.9. The zero-order valence-electron chi connectivity index (χ0n) is 15.6. The maximum absolute atomic E-state index is 5.89. The molecule has 0 spiro atoms. The Labute approximate surface area is 166 Å². The molecule has 0 atom stereocenters. The Morgan fingerprint density at radius 3 is 2.42 bits per heavy atom. The molecule has 3 nitrogen and oxygen atoms in total. The molecule has 0 aromatic heterocycles. The summed E-state index contributed by atoms with van der Waals surface area (Å²) in [5, 5.41) is 4.26. The fourth-order valence-corrected chi connectivity index (χ4v) is 3.16. The standard InChI is InChI=1S/C22H29BrN2O/c1-2-3-4-5-6-7-11-16-26-22-15-14-19(17-21(22)23)18-24-25-20-12-9-8-10-13-20/h8-10,12-15,17-18,25H,2-7,11,16H2,1H3/b24-18+. The molecule has 0 radical (unpaired) electrons. The molecule has 2 rings (SSSR count). The Bertz CT molecular complexity index is 658. The first-order chi connectivity index (χ1) is 12.8. The number of hydrogen-bond acceptors (Lipinski definition) is 3. The van der Waals surface area contributed by atoms with Gasteiger partial charge in [-0.3, -0.25) is 5.43 Å². The van der Waals surface area contributed by atoms with Gasteiger partial charge in [-0.15, -0.1) is 0 Å². The number of para-hydroxylation sites is 1. The van der Waals surface area contributed by atoms with Gasteiger partial charge in [-0.1, -0.05) is 63.6 Å². The Morgan fingerprint density at radius 1 is 0.962 bits per heavy atom. The molecule has 2 aromatic carbocycles. The highest BCUT2D eigenvalue weighted by Crippen LogP contribution is 2.26. The maximum atomic E-state index is 5.89. The van der Waals surface area contributed by atoms with Crippen molar-refractivity contribution in [3.8, 4) is 5.75 Å². The average Bonchev–Trinajstić information content (AvgIpc) is 2.66. The van der Waals surface area contributed by atoms with Crippen molar-refractivity contribution >= 4 is 27.8 Å². The van der Waals surface area contributed by atoms with Gasteiger partial charge in [0.05, 0.1) is 23.0 Å². The first kappa shape index (κ1) is 20.5. The van der Waals surface area contributed by atoms with Gasteiger partial charge in [0.1, 0.15) is 5.75 Å². The van der Waals surface area contributed by atoms with E-state index in [1.165, 1.54) is 38.5 Å². The van der Waals surface area contributed by atoms with Crippen molar-refractivity contribution in [1.29, 1.82) is 0 Å². The van der Waals surface area contributed by atoms with Crippen molar-refractivity contribution in [2.45, 2.75) is 51.9 Å². The Hall–Kier alpha value is -1.81. The van der Waals surface area contributed by atoms with E-state index in [1.54, 1.807) is 6.21 Å². The third kappa shape index (κ3) is 8.05. The molecule has 0 aliphatic rings. The average molecular weight is 417 g/mol. The van der Waals surface area contributed by atoms with Crippen molar-refractivity contribution in [1.82, 2.24) is 0 Å². The van der Waals surface area contributed by atoms with E-state index >= 15 is 0 Å². The molecule has 0 unspecified atom stereocenters. The van der Waals surface area contributed by atoms with Crippen LogP contribution in [0.15, 0.2) is 58.1 Å². The molecule has 0 aliphatic heterocycles. The van der Waals surface area contributed by atoms with Crippen LogP contribution in [0.1, 0.15) is 57.4 Å². The van der Waals surface area contributed by atoms with Gasteiger partial charge in [-0.25, -0.2) is 0 Å². The quantitative estimate of drug-likeness (QED) is 0.229. The molecule has 26 heavy (non-hydrogen) atoms. The van der Waals surface area contributed by atoms with E-state index < -0.39 is 0 Å². The topological polar surface area (TPSA) is 33.6 Å². The van der Waals surface area contributed by atoms with Crippen molar-refractivity contribution in [2.75, 3.05) is 12.0 Å². The first-order valence-corrected chi connectivity index (χ1v) is 10.4. The SMILES string of the molecule is CCCCCCCCCOc1ccc(/C=N/Nc2ccccc2)cc1Br. The molecule has 140 valence electrons. The van der Waals surface area contributed by atoms with Crippen LogP contribution in [0.3, 0.4) is 0 Å². The van der Waals surface area contributed by atoms with Gasteiger partial charge in [-0.2, -0.15) is 5.10 Å². The van der Waals surface area contributed by atoms with E-state index in [0.717, 1.165) is 34.5 Å². The third-order valence-electron chi connectivity index (χ3n) is 4.14. The molecule has 0 amide bonds. The Balaban J connectivity index is 1.69. The highest BCUT2D eigenvalue weighted by atomic mass is 79.9. The van der Waals surface area contributed by atoms with Crippen LogP contribution in [0.4, 0.5) is 5.69 Å². The zero-order chi connectivity index (χ0) is 18.5. The van der Waals surface area contributed by atoms with Crippen molar-refractivity contribution < 1.29 is 4.74 Å². The maximum Gasteiger partial charge on any atom is 0.133 e. The predicted octanol–water partition coefficient (Wildman–Crippen LogP) is 7.02. The number of hydrazone groups is 1. The number of benzene rings is 2. The lowest BCUT2D eigenvalue weighted by molar-refractivity contribution is 0.302. The van der Waals surface area contributed by atoms with E-state index in [0.29, 0.717) is 0 Å². The summed E-state index contributed by atoms with van der Waals surface area (Å²) in [5.74, 6) is 0.893. The summed E-state index contributed by atoms with van der Waals surface area (Å²) in [6.07, 6.45) is 10.9. The minimum Gasteiger partial charge on any atom is -0.492 e. The van der Waals surface area contributed by atoms with Crippen LogP contribution in [0, 0.1) is 0 Å². The fourth-order valence-electron chi connectivity index (χ4n) is 2.65. The van der Waals surface area contributed by atoms with Crippen LogP contribution in [0.5, 0.6) is 5.75 Å². The van der Waals surface area contributed by atoms with Crippen LogP contribution in [-0.4, -0.2) is 12.8 Å². The molecule has 2 aromatic rings. The van der Waals surface area contributed by atoms with Gasteiger partial charge in [0.25, 0.3) is 0 Å². The molecule has 1 N–H and O–H groups in total. The summed E-state index contributed by atoms with van der Waals surface area (Å²) < 4.78 is 6.85. The number of ether oxygens (including phenoxy) is 1. The van der Waals surface area contributed by atoms with Crippen LogP contribution in [0.25, 0.3) is 0 Å². The molecule has 0 aliphatic carbocycles. The lowest BCUT2D eigenvalue weighted by atomic mass is 10.1. The van der Waals surface area contributed by atoms with Gasteiger partial charge >= 0.3 is 0 Å². The monoisotopic (exact) mass is 416 g/mol. The molecule has 0 saturated carbocycles. The number of hydrogen-bond donors (Lipinski definition) is 1. The third-order valence-corrected chi connectivity index (χ3v) is 4.76. The number of nitrogens with one attached hydrogen (secondary N) is 1. The number of anilines is 1. The van der Waals surface area contributed by atoms with Gasteiger partial charge < -0.3 is 4.74 Å². The van der Waals surface area contributed by atoms with E-state index in [2.05, 4.69) is 33.4 Å². The molecule has 0 heterocycles. The lowest BCUT2D eigenvalue weighted by Gasteiger charge is -2.09. The number of halogens is 1. The molecule has 0 fully saturated rings. The van der Waals surface area contributed by atoms with Crippen LogP contribution in [0.2, 0.25) is 0 Å². The smallest absolute Gasteiger partial charge is 0.133 e. The van der Waals surface area contributed by atoms with Crippen LogP contribution >= 0.6 is 15.9 Å². The number of rotatable bonds is 12. The number of nitrogens with zero attached hydrogens (tertiary/aromatic N) is 1. The normalized spacial score (nSPS) is 11.0. The summed E-state index contributed by atoms with van der Waals surface area (Å²) >= 11 is 3.59. The lowest BCUT2D eigenvalue weighted by Crippen LogP contribution is -1.98. The number of unbranched alkanes of at least 4 members (excludes halogenated alkanes) is 6. The van der Waals surface area contributed by atoms with E-state index in [-0.39, 0.29) is 0 Å². The minimum absolute atomic E-state index is 0.773. The predicted molar refractivity (Wildman–Crippen MR) is 115 cm³/mol. The highest BCUT2D eigenvalue weighted by molar-refractivity contribution is 9.10. The van der Waals surface area contributed by atoms with E-state index in [4.69, 9.17) is 4.74 Å². The van der Waals surface area contributed by atoms with Gasteiger partial charge in [0.15, 0.2) is 0 Å². The minimum atomic E-state index is 0.773. The second kappa shape index (κ2) is 12.5. The van der Waals surface area contributed by atoms with Crippen molar-refractivity contribution in [3.05, 3.63) is 58.6 Å². The van der Waals surface area contributed by atoms with Crippen molar-refractivity contribution in [2.24, 2.45) is 5.10 Å². The Kier molecular flexibility index (Phi) is 9.88. The zero-order valence-corrected chi connectivity index (χ0v) is 17.2. The molecule has 0 saturated heterocycles. The first-order valence-electron chi connectivity index (χ1n) is 9.56. The van der Waals surface area contributed by atoms with Crippen molar-refractivity contribution in [3.63, 3.8) is 0 Å². The molecule has 0 bridgehead atoms. The second-order valence-electron chi connectivity index (χ2n) is 6.40. The van der Waals surface area contributed by atoms with E-state index in [9.17, 15) is 0 Å². The fraction of sp³-hybridized carbons (Fsp3) is 0.409. The highest BCUT2D eigenvalue weighted by Gasteiger charge is 2.02. The van der Waals surface area contributed by atoms with Gasteiger partial charge in [-0.05, 0) is 58.2 Å². The van der Waals surface area contributed by atoms with Crippen LogP contribution in [-0.2, 0) is 0 Å². The summed E-state index contributed by atoms with van der Waals surface area (Å²) in [4.78, 5) is 0. The summed E-state index contributed by atoms with van der Waals surface area (Å²) in [7, 11) is 0. The summed E-state index contributed by atoms with van der Waals surface area (Å²) in [5.41, 5.74) is 5.00. The molecule has 4 heteroatoms.